The number of carbonyl (C=O) groups excluding carboxylic acids is 1. The van der Waals surface area contributed by atoms with Crippen molar-refractivity contribution in [2.75, 3.05) is 11.9 Å². The smallest absolute Gasteiger partial charge is 0.341 e. The molecule has 1 aromatic heterocycles. The molecule has 3 aromatic rings. The number of hydrogen-bond acceptors (Lipinski definition) is 5. The molecular weight excluding hydrogens is 350 g/mol. The number of benzene rings is 2. The van der Waals surface area contributed by atoms with Gasteiger partial charge in [-0.15, -0.1) is 0 Å². The first-order valence-electron chi connectivity index (χ1n) is 7.98. The fraction of sp³-hybridized carbons (Fsp3) is 0.105. The van der Waals surface area contributed by atoms with E-state index in [9.17, 15) is 9.59 Å². The Morgan fingerprint density at radius 1 is 1.22 bits per heavy atom. The number of fused-ring (bicyclic) bond motifs is 1. The van der Waals surface area contributed by atoms with Crippen LogP contribution in [0.1, 0.15) is 21.7 Å². The number of carboxylic acid groups (broad SMARTS) is 1. The molecule has 8 nitrogen and oxygen atoms in total. The van der Waals surface area contributed by atoms with Crippen molar-refractivity contribution >= 4 is 34.4 Å². The lowest BCUT2D eigenvalue weighted by atomic mass is 10.1. The number of nitrogens with one attached hydrogen (secondary N) is 2. The molecule has 0 radical (unpaired) electrons. The summed E-state index contributed by atoms with van der Waals surface area (Å²) in [6.45, 7) is 1.32. The van der Waals surface area contributed by atoms with Gasteiger partial charge in [-0.3, -0.25) is 10.2 Å². The summed E-state index contributed by atoms with van der Waals surface area (Å²) in [5.41, 5.74) is 7.74. The minimum Gasteiger partial charge on any atom is -0.482 e. The van der Waals surface area contributed by atoms with Crippen LogP contribution in [-0.4, -0.2) is 29.4 Å². The van der Waals surface area contributed by atoms with Gasteiger partial charge in [0.2, 0.25) is 0 Å². The molecule has 0 aliphatic carbocycles. The summed E-state index contributed by atoms with van der Waals surface area (Å²) in [6.07, 6.45) is 0. The second-order valence-corrected chi connectivity index (χ2v) is 5.84. The second-order valence-electron chi connectivity index (χ2n) is 5.84. The highest BCUT2D eigenvalue weighted by molar-refractivity contribution is 6.07. The fourth-order valence-electron chi connectivity index (χ4n) is 2.57. The van der Waals surface area contributed by atoms with Crippen molar-refractivity contribution in [3.63, 3.8) is 0 Å². The molecule has 27 heavy (non-hydrogen) atoms. The molecule has 8 heteroatoms. The number of ether oxygens (including phenoxy) is 1. The van der Waals surface area contributed by atoms with Crippen LogP contribution in [0, 0.1) is 12.3 Å². The minimum atomic E-state index is -1.07. The minimum absolute atomic E-state index is 0.0614. The van der Waals surface area contributed by atoms with Crippen molar-refractivity contribution in [1.29, 1.82) is 5.41 Å². The van der Waals surface area contributed by atoms with E-state index in [1.54, 1.807) is 49.4 Å². The molecule has 0 saturated heterocycles. The van der Waals surface area contributed by atoms with Gasteiger partial charge in [0.05, 0.1) is 0 Å². The van der Waals surface area contributed by atoms with Gasteiger partial charge in [-0.2, -0.15) is 0 Å². The van der Waals surface area contributed by atoms with Crippen LogP contribution in [0.25, 0.3) is 11.0 Å². The van der Waals surface area contributed by atoms with Gasteiger partial charge < -0.3 is 25.3 Å². The van der Waals surface area contributed by atoms with Crippen molar-refractivity contribution in [2.45, 2.75) is 6.92 Å². The maximum absolute atomic E-state index is 12.5. The lowest BCUT2D eigenvalue weighted by molar-refractivity contribution is -0.139. The Hall–Kier alpha value is -3.81. The first kappa shape index (κ1) is 18.0. The van der Waals surface area contributed by atoms with Gasteiger partial charge in [0.25, 0.3) is 5.91 Å². The zero-order valence-corrected chi connectivity index (χ0v) is 14.4. The monoisotopic (exact) mass is 367 g/mol. The Balaban J connectivity index is 1.78. The first-order valence-corrected chi connectivity index (χ1v) is 7.98. The number of furan rings is 1. The molecule has 5 N–H and O–H groups in total. The summed E-state index contributed by atoms with van der Waals surface area (Å²) >= 11 is 0. The summed E-state index contributed by atoms with van der Waals surface area (Å²) in [5.74, 6) is -1.01. The summed E-state index contributed by atoms with van der Waals surface area (Å²) < 4.78 is 10.7. The zero-order chi connectivity index (χ0) is 19.6. The molecule has 138 valence electrons. The van der Waals surface area contributed by atoms with Crippen molar-refractivity contribution in [2.24, 2.45) is 5.73 Å². The van der Waals surface area contributed by atoms with Gasteiger partial charge in [0.15, 0.2) is 12.4 Å². The quantitative estimate of drug-likeness (QED) is 0.390. The topological polar surface area (TPSA) is 139 Å². The van der Waals surface area contributed by atoms with Gasteiger partial charge in [-0.1, -0.05) is 0 Å². The van der Waals surface area contributed by atoms with E-state index < -0.39 is 18.5 Å². The average molecular weight is 367 g/mol. The highest BCUT2D eigenvalue weighted by Gasteiger charge is 2.18. The molecule has 1 amide bonds. The maximum atomic E-state index is 12.5. The number of anilines is 1. The number of aryl methyl sites for hydroxylation is 1. The molecule has 2 aromatic carbocycles. The summed E-state index contributed by atoms with van der Waals surface area (Å²) in [5, 5.41) is 19.5. The molecule has 1 heterocycles. The van der Waals surface area contributed by atoms with E-state index in [-0.39, 0.29) is 11.6 Å². The van der Waals surface area contributed by atoms with E-state index in [1.165, 1.54) is 0 Å². The number of aliphatic carboxylic acids is 1. The third-order valence-corrected chi connectivity index (χ3v) is 3.93. The Labute approximate surface area is 154 Å². The number of hydrogen-bond donors (Lipinski definition) is 4. The number of carboxylic acids is 1. The molecule has 0 aliphatic heterocycles. The van der Waals surface area contributed by atoms with Gasteiger partial charge >= 0.3 is 5.97 Å². The molecule has 0 saturated carbocycles. The average Bonchev–Trinajstić information content (AvgIpc) is 2.97. The Morgan fingerprint density at radius 2 is 1.93 bits per heavy atom. The number of amides is 1. The Morgan fingerprint density at radius 3 is 2.56 bits per heavy atom. The Kier molecular flexibility index (Phi) is 4.80. The van der Waals surface area contributed by atoms with Crippen molar-refractivity contribution in [3.05, 3.63) is 59.4 Å². The lowest BCUT2D eigenvalue weighted by Crippen LogP contribution is -2.12. The fourth-order valence-corrected chi connectivity index (χ4v) is 2.57. The highest BCUT2D eigenvalue weighted by Crippen LogP contribution is 2.27. The summed E-state index contributed by atoms with van der Waals surface area (Å²) in [6, 6.07) is 11.4. The van der Waals surface area contributed by atoms with Crippen molar-refractivity contribution in [1.82, 2.24) is 0 Å². The second kappa shape index (κ2) is 7.20. The molecule has 0 spiro atoms. The summed E-state index contributed by atoms with van der Waals surface area (Å²) in [7, 11) is 0. The van der Waals surface area contributed by atoms with Gasteiger partial charge in [0, 0.05) is 22.2 Å². The molecule has 3 rings (SSSR count). The zero-order valence-electron chi connectivity index (χ0n) is 14.4. The predicted molar refractivity (Wildman–Crippen MR) is 99.5 cm³/mol. The molecule has 0 unspecified atom stereocenters. The third kappa shape index (κ3) is 3.90. The van der Waals surface area contributed by atoms with E-state index in [0.717, 1.165) is 0 Å². The molecule has 0 aliphatic rings. The van der Waals surface area contributed by atoms with Crippen LogP contribution in [-0.2, 0) is 4.79 Å². The van der Waals surface area contributed by atoms with Crippen LogP contribution < -0.4 is 15.8 Å². The maximum Gasteiger partial charge on any atom is 0.341 e. The van der Waals surface area contributed by atoms with Crippen LogP contribution >= 0.6 is 0 Å². The molecule has 0 fully saturated rings. The number of amidine groups is 1. The van der Waals surface area contributed by atoms with E-state index >= 15 is 0 Å². The number of carbonyl (C=O) groups is 2. The van der Waals surface area contributed by atoms with Gasteiger partial charge in [-0.25, -0.2) is 4.79 Å². The normalized spacial score (nSPS) is 10.6. The van der Waals surface area contributed by atoms with Crippen LogP contribution in [0.4, 0.5) is 5.69 Å². The molecule has 0 atom stereocenters. The van der Waals surface area contributed by atoms with E-state index in [1.807, 2.05) is 0 Å². The Bertz CT molecular complexity index is 1040. The summed E-state index contributed by atoms with van der Waals surface area (Å²) in [4.78, 5) is 23.0. The van der Waals surface area contributed by atoms with Crippen LogP contribution in [0.2, 0.25) is 0 Å². The predicted octanol–water partition coefficient (Wildman–Crippen LogP) is 2.74. The molecular formula is C19H17N3O5. The SMILES string of the molecule is Cc1c(C(=O)Nc2ccc(OCC(=O)O)cc2)oc2ccc(C(=N)N)cc12. The molecule has 0 bridgehead atoms. The number of nitrogen functional groups attached to an aromatic ring is 1. The largest absolute Gasteiger partial charge is 0.482 e. The van der Waals surface area contributed by atoms with Crippen LogP contribution in [0.5, 0.6) is 5.75 Å². The standard InChI is InChI=1S/C19H17N3O5/c1-10-14-8-11(18(20)21)2-7-15(14)27-17(10)19(25)22-12-3-5-13(6-4-12)26-9-16(23)24/h2-8H,9H2,1H3,(H3,20,21)(H,22,25)(H,23,24). The van der Waals surface area contributed by atoms with E-state index in [0.29, 0.717) is 33.5 Å². The highest BCUT2D eigenvalue weighted by atomic mass is 16.5. The number of rotatable bonds is 6. The van der Waals surface area contributed by atoms with Gasteiger partial charge in [-0.05, 0) is 49.4 Å². The lowest BCUT2D eigenvalue weighted by Gasteiger charge is -2.06. The van der Waals surface area contributed by atoms with Crippen LogP contribution in [0.15, 0.2) is 46.9 Å². The van der Waals surface area contributed by atoms with Crippen molar-refractivity contribution in [3.8, 4) is 5.75 Å². The third-order valence-electron chi connectivity index (χ3n) is 3.93. The number of nitrogens with two attached hydrogens (primary N) is 1. The van der Waals surface area contributed by atoms with E-state index in [2.05, 4.69) is 5.32 Å². The van der Waals surface area contributed by atoms with E-state index in [4.69, 9.17) is 25.4 Å². The first-order chi connectivity index (χ1) is 12.8. The van der Waals surface area contributed by atoms with Crippen LogP contribution in [0.3, 0.4) is 0 Å². The van der Waals surface area contributed by atoms with Crippen molar-refractivity contribution < 1.29 is 23.8 Å². The van der Waals surface area contributed by atoms with Gasteiger partial charge in [0.1, 0.15) is 17.2 Å².